The highest BCUT2D eigenvalue weighted by Crippen LogP contribution is 2.21. The van der Waals surface area contributed by atoms with Gasteiger partial charge in [0.1, 0.15) is 0 Å². The van der Waals surface area contributed by atoms with Crippen molar-refractivity contribution in [1.82, 2.24) is 5.32 Å². The molecule has 0 saturated heterocycles. The molecule has 0 heterocycles. The Kier molecular flexibility index (Phi) is 6.82. The largest absolute Gasteiger partial charge is 0.332 e. The van der Waals surface area contributed by atoms with E-state index in [0.717, 1.165) is 16.3 Å². The first-order valence-corrected chi connectivity index (χ1v) is 10.3. The van der Waals surface area contributed by atoms with Crippen molar-refractivity contribution in [2.75, 3.05) is 10.6 Å². The average Bonchev–Trinajstić information content (AvgIpc) is 2.71. The number of thiocarbonyl (C=S) groups is 1. The standard InChI is InChI=1S/C25H25N3O2S/c1-25(2,3)23(30)26-19-11-7-12-20(16-19)27-24(31)28-22(29)15-14-18-10-6-9-17-8-4-5-13-21(17)18/h4-16H,1-3H3,(H,26,30)(H2,27,28,29,31)/b15-14+. The number of hydrogen-bond acceptors (Lipinski definition) is 3. The zero-order valence-electron chi connectivity index (χ0n) is 17.7. The number of benzene rings is 3. The molecule has 0 fully saturated rings. The van der Waals surface area contributed by atoms with Gasteiger partial charge in [0.05, 0.1) is 0 Å². The van der Waals surface area contributed by atoms with Gasteiger partial charge in [-0.15, -0.1) is 0 Å². The highest BCUT2D eigenvalue weighted by atomic mass is 32.1. The first kappa shape index (κ1) is 22.2. The molecular weight excluding hydrogens is 406 g/mol. The summed E-state index contributed by atoms with van der Waals surface area (Å²) < 4.78 is 0. The molecule has 0 bridgehead atoms. The van der Waals surface area contributed by atoms with E-state index in [4.69, 9.17) is 12.2 Å². The predicted molar refractivity (Wildman–Crippen MR) is 132 cm³/mol. The molecule has 0 aliphatic carbocycles. The SMILES string of the molecule is CC(C)(C)C(=O)Nc1cccc(NC(=S)NC(=O)/C=C/c2cccc3ccccc23)c1. The lowest BCUT2D eigenvalue weighted by Crippen LogP contribution is -2.32. The molecule has 0 aromatic heterocycles. The second-order valence-electron chi connectivity index (χ2n) is 8.13. The van der Waals surface area contributed by atoms with E-state index in [1.165, 1.54) is 6.08 Å². The Bertz CT molecular complexity index is 1160. The minimum Gasteiger partial charge on any atom is -0.332 e. The minimum atomic E-state index is -0.497. The van der Waals surface area contributed by atoms with Gasteiger partial charge in [-0.25, -0.2) is 0 Å². The van der Waals surface area contributed by atoms with Crippen molar-refractivity contribution >= 4 is 57.4 Å². The summed E-state index contributed by atoms with van der Waals surface area (Å²) in [6, 6.07) is 21.1. The second-order valence-corrected chi connectivity index (χ2v) is 8.54. The van der Waals surface area contributed by atoms with Crippen molar-refractivity contribution in [2.24, 2.45) is 5.41 Å². The highest BCUT2D eigenvalue weighted by Gasteiger charge is 2.21. The molecule has 0 saturated carbocycles. The summed E-state index contributed by atoms with van der Waals surface area (Å²) in [6.07, 6.45) is 3.22. The van der Waals surface area contributed by atoms with Crippen LogP contribution >= 0.6 is 12.2 Å². The van der Waals surface area contributed by atoms with Gasteiger partial charge in [0, 0.05) is 22.9 Å². The van der Waals surface area contributed by atoms with Gasteiger partial charge < -0.3 is 10.6 Å². The van der Waals surface area contributed by atoms with E-state index in [9.17, 15) is 9.59 Å². The number of hydrogen-bond donors (Lipinski definition) is 3. The van der Waals surface area contributed by atoms with Crippen molar-refractivity contribution in [2.45, 2.75) is 20.8 Å². The molecule has 0 radical (unpaired) electrons. The molecular formula is C25H25N3O2S. The summed E-state index contributed by atoms with van der Waals surface area (Å²) in [7, 11) is 0. The molecule has 5 nitrogen and oxygen atoms in total. The summed E-state index contributed by atoms with van der Waals surface area (Å²) in [5.74, 6) is -0.415. The van der Waals surface area contributed by atoms with Crippen molar-refractivity contribution in [1.29, 1.82) is 0 Å². The molecule has 3 aromatic carbocycles. The number of amides is 2. The normalized spacial score (nSPS) is 11.3. The maximum absolute atomic E-state index is 12.3. The van der Waals surface area contributed by atoms with E-state index in [2.05, 4.69) is 16.0 Å². The number of nitrogens with one attached hydrogen (secondary N) is 3. The van der Waals surface area contributed by atoms with Crippen LogP contribution in [0.15, 0.2) is 72.8 Å². The Hall–Kier alpha value is -3.51. The van der Waals surface area contributed by atoms with Gasteiger partial charge >= 0.3 is 0 Å². The molecule has 0 aliphatic heterocycles. The number of carbonyl (C=O) groups excluding carboxylic acids is 2. The second kappa shape index (κ2) is 9.53. The fourth-order valence-corrected chi connectivity index (χ4v) is 3.09. The average molecular weight is 432 g/mol. The minimum absolute atomic E-state index is 0.0842. The quantitative estimate of drug-likeness (QED) is 0.385. The Morgan fingerprint density at radius 3 is 2.26 bits per heavy atom. The third-order valence-electron chi connectivity index (χ3n) is 4.53. The first-order valence-electron chi connectivity index (χ1n) is 9.92. The van der Waals surface area contributed by atoms with Crippen LogP contribution in [0.1, 0.15) is 26.3 Å². The van der Waals surface area contributed by atoms with Gasteiger partial charge in [-0.05, 0) is 52.8 Å². The molecule has 0 unspecified atom stereocenters. The molecule has 0 aliphatic rings. The molecule has 3 N–H and O–H groups in total. The van der Waals surface area contributed by atoms with Crippen molar-refractivity contribution in [3.63, 3.8) is 0 Å². The third-order valence-corrected chi connectivity index (χ3v) is 4.74. The zero-order chi connectivity index (χ0) is 22.4. The zero-order valence-corrected chi connectivity index (χ0v) is 18.5. The summed E-state index contributed by atoms with van der Waals surface area (Å²) in [5, 5.41) is 10.8. The molecule has 3 aromatic rings. The van der Waals surface area contributed by atoms with E-state index in [0.29, 0.717) is 11.4 Å². The Morgan fingerprint density at radius 2 is 1.52 bits per heavy atom. The fourth-order valence-electron chi connectivity index (χ4n) is 2.87. The predicted octanol–water partition coefficient (Wildman–Crippen LogP) is 5.35. The summed E-state index contributed by atoms with van der Waals surface area (Å²) >= 11 is 5.25. The van der Waals surface area contributed by atoms with Crippen LogP contribution in [0.25, 0.3) is 16.8 Å². The fraction of sp³-hybridized carbons (Fsp3) is 0.160. The van der Waals surface area contributed by atoms with Crippen LogP contribution in [0.2, 0.25) is 0 Å². The van der Waals surface area contributed by atoms with Crippen LogP contribution in [-0.4, -0.2) is 16.9 Å². The molecule has 0 spiro atoms. The first-order chi connectivity index (χ1) is 14.7. The number of carbonyl (C=O) groups is 2. The molecule has 0 atom stereocenters. The van der Waals surface area contributed by atoms with Crippen LogP contribution in [-0.2, 0) is 9.59 Å². The number of rotatable bonds is 4. The smallest absolute Gasteiger partial charge is 0.250 e. The Morgan fingerprint density at radius 1 is 0.871 bits per heavy atom. The van der Waals surface area contributed by atoms with Gasteiger partial charge in [0.25, 0.3) is 0 Å². The van der Waals surface area contributed by atoms with Crippen molar-refractivity contribution in [3.8, 4) is 0 Å². The van der Waals surface area contributed by atoms with Crippen LogP contribution in [0, 0.1) is 5.41 Å². The Labute approximate surface area is 187 Å². The van der Waals surface area contributed by atoms with E-state index >= 15 is 0 Å². The molecule has 6 heteroatoms. The third kappa shape index (κ3) is 6.23. The monoisotopic (exact) mass is 431 g/mol. The van der Waals surface area contributed by atoms with Crippen LogP contribution in [0.5, 0.6) is 0 Å². The molecule has 2 amide bonds. The van der Waals surface area contributed by atoms with Crippen molar-refractivity contribution < 1.29 is 9.59 Å². The maximum atomic E-state index is 12.3. The van der Waals surface area contributed by atoms with E-state index in [-0.39, 0.29) is 16.9 Å². The van der Waals surface area contributed by atoms with Gasteiger partial charge in [-0.3, -0.25) is 14.9 Å². The highest BCUT2D eigenvalue weighted by molar-refractivity contribution is 7.80. The Balaban J connectivity index is 1.60. The lowest BCUT2D eigenvalue weighted by Gasteiger charge is -2.18. The van der Waals surface area contributed by atoms with E-state index in [1.54, 1.807) is 30.3 Å². The topological polar surface area (TPSA) is 70.2 Å². The molecule has 3 rings (SSSR count). The van der Waals surface area contributed by atoms with Gasteiger partial charge in [-0.2, -0.15) is 0 Å². The molecule has 31 heavy (non-hydrogen) atoms. The molecule has 158 valence electrons. The number of anilines is 2. The van der Waals surface area contributed by atoms with Crippen LogP contribution in [0.4, 0.5) is 11.4 Å². The van der Waals surface area contributed by atoms with E-state index < -0.39 is 5.41 Å². The maximum Gasteiger partial charge on any atom is 0.250 e. The summed E-state index contributed by atoms with van der Waals surface area (Å²) in [4.78, 5) is 24.5. The van der Waals surface area contributed by atoms with Crippen LogP contribution < -0.4 is 16.0 Å². The lowest BCUT2D eigenvalue weighted by molar-refractivity contribution is -0.123. The lowest BCUT2D eigenvalue weighted by atomic mass is 9.95. The van der Waals surface area contributed by atoms with E-state index in [1.807, 2.05) is 63.2 Å². The van der Waals surface area contributed by atoms with Crippen LogP contribution in [0.3, 0.4) is 0 Å². The number of fused-ring (bicyclic) bond motifs is 1. The van der Waals surface area contributed by atoms with Gasteiger partial charge in [0.2, 0.25) is 11.8 Å². The van der Waals surface area contributed by atoms with Gasteiger partial charge in [0.15, 0.2) is 5.11 Å². The van der Waals surface area contributed by atoms with Gasteiger partial charge in [-0.1, -0.05) is 69.3 Å². The van der Waals surface area contributed by atoms with Crippen molar-refractivity contribution in [3.05, 3.63) is 78.4 Å². The summed E-state index contributed by atoms with van der Waals surface area (Å²) in [6.45, 7) is 5.54. The summed E-state index contributed by atoms with van der Waals surface area (Å²) in [5.41, 5.74) is 1.77.